The second kappa shape index (κ2) is 7.04. The number of benzene rings is 1. The third-order valence-corrected chi connectivity index (χ3v) is 2.73. The lowest BCUT2D eigenvalue weighted by Gasteiger charge is -2.08. The van der Waals surface area contributed by atoms with Crippen LogP contribution in [0.15, 0.2) is 48.8 Å². The molecule has 0 bridgehead atoms. The van der Waals surface area contributed by atoms with Crippen molar-refractivity contribution in [2.24, 2.45) is 0 Å². The maximum absolute atomic E-state index is 11.8. The standard InChI is InChI=1S/C15H15N3O3/c16-13-6-2-1-5-12(13)15(20)21-9-8-18-14(19)11-4-3-7-17-10-11/h1-7,10H,8-9,16H2,(H,18,19). The van der Waals surface area contributed by atoms with Crippen molar-refractivity contribution >= 4 is 17.6 Å². The maximum atomic E-state index is 11.8. The number of rotatable bonds is 5. The van der Waals surface area contributed by atoms with Crippen LogP contribution in [0.25, 0.3) is 0 Å². The molecule has 6 nitrogen and oxygen atoms in total. The van der Waals surface area contributed by atoms with Crippen LogP contribution < -0.4 is 11.1 Å². The molecule has 0 aliphatic carbocycles. The highest BCUT2D eigenvalue weighted by atomic mass is 16.5. The van der Waals surface area contributed by atoms with E-state index in [1.807, 2.05) is 0 Å². The van der Waals surface area contributed by atoms with Gasteiger partial charge in [-0.2, -0.15) is 0 Å². The fourth-order valence-corrected chi connectivity index (χ4v) is 1.67. The number of esters is 1. The van der Waals surface area contributed by atoms with Gasteiger partial charge in [-0.15, -0.1) is 0 Å². The summed E-state index contributed by atoms with van der Waals surface area (Å²) >= 11 is 0. The number of nitrogen functional groups attached to an aromatic ring is 1. The van der Waals surface area contributed by atoms with Gasteiger partial charge >= 0.3 is 5.97 Å². The zero-order valence-corrected chi connectivity index (χ0v) is 11.3. The third kappa shape index (κ3) is 4.04. The van der Waals surface area contributed by atoms with Gasteiger partial charge in [0, 0.05) is 18.1 Å². The van der Waals surface area contributed by atoms with Gasteiger partial charge in [-0.25, -0.2) is 4.79 Å². The summed E-state index contributed by atoms with van der Waals surface area (Å²) in [5.41, 5.74) is 6.81. The topological polar surface area (TPSA) is 94.3 Å². The molecule has 6 heteroatoms. The molecule has 1 amide bonds. The number of aromatic nitrogens is 1. The minimum atomic E-state index is -0.510. The Labute approximate surface area is 121 Å². The molecule has 0 unspecified atom stereocenters. The average Bonchev–Trinajstić information content (AvgIpc) is 2.52. The van der Waals surface area contributed by atoms with Gasteiger partial charge in [-0.3, -0.25) is 9.78 Å². The van der Waals surface area contributed by atoms with E-state index in [0.717, 1.165) is 0 Å². The summed E-state index contributed by atoms with van der Waals surface area (Å²) in [6, 6.07) is 9.98. The molecule has 0 aliphatic rings. The van der Waals surface area contributed by atoms with Crippen LogP contribution in [-0.4, -0.2) is 30.0 Å². The number of nitrogens with two attached hydrogens (primary N) is 1. The lowest BCUT2D eigenvalue weighted by atomic mass is 10.2. The SMILES string of the molecule is Nc1ccccc1C(=O)OCCNC(=O)c1cccnc1. The molecular weight excluding hydrogens is 270 g/mol. The van der Waals surface area contributed by atoms with Gasteiger partial charge in [0.05, 0.1) is 17.7 Å². The zero-order valence-electron chi connectivity index (χ0n) is 11.3. The number of hydrogen-bond acceptors (Lipinski definition) is 5. The van der Waals surface area contributed by atoms with Crippen LogP contribution in [0.1, 0.15) is 20.7 Å². The molecule has 108 valence electrons. The Kier molecular flexibility index (Phi) is 4.87. The minimum absolute atomic E-state index is 0.0686. The van der Waals surface area contributed by atoms with E-state index in [-0.39, 0.29) is 19.1 Å². The van der Waals surface area contributed by atoms with Crippen molar-refractivity contribution < 1.29 is 14.3 Å². The van der Waals surface area contributed by atoms with Gasteiger partial charge in [0.2, 0.25) is 0 Å². The van der Waals surface area contributed by atoms with Gasteiger partial charge in [0.25, 0.3) is 5.91 Å². The van der Waals surface area contributed by atoms with Gasteiger partial charge in [-0.1, -0.05) is 12.1 Å². The van der Waals surface area contributed by atoms with E-state index in [4.69, 9.17) is 10.5 Å². The maximum Gasteiger partial charge on any atom is 0.340 e. The number of pyridine rings is 1. The number of carbonyl (C=O) groups is 2. The molecular formula is C15H15N3O3. The number of ether oxygens (including phenoxy) is 1. The van der Waals surface area contributed by atoms with Gasteiger partial charge in [0.15, 0.2) is 0 Å². The van der Waals surface area contributed by atoms with Crippen molar-refractivity contribution in [1.82, 2.24) is 10.3 Å². The minimum Gasteiger partial charge on any atom is -0.460 e. The average molecular weight is 285 g/mol. The fraction of sp³-hybridized carbons (Fsp3) is 0.133. The van der Waals surface area contributed by atoms with E-state index < -0.39 is 5.97 Å². The van der Waals surface area contributed by atoms with Crippen LogP contribution in [0.3, 0.4) is 0 Å². The molecule has 0 atom stereocenters. The fourth-order valence-electron chi connectivity index (χ4n) is 1.67. The number of anilines is 1. The Morgan fingerprint density at radius 1 is 1.19 bits per heavy atom. The molecule has 1 aromatic carbocycles. The van der Waals surface area contributed by atoms with E-state index in [2.05, 4.69) is 10.3 Å². The van der Waals surface area contributed by atoms with Gasteiger partial charge in [-0.05, 0) is 24.3 Å². The van der Waals surface area contributed by atoms with Crippen molar-refractivity contribution in [2.75, 3.05) is 18.9 Å². The largest absolute Gasteiger partial charge is 0.460 e. The summed E-state index contributed by atoms with van der Waals surface area (Å²) in [5.74, 6) is -0.776. The quantitative estimate of drug-likeness (QED) is 0.490. The number of nitrogens with one attached hydrogen (secondary N) is 1. The molecule has 0 saturated heterocycles. The molecule has 2 rings (SSSR count). The molecule has 0 spiro atoms. The lowest BCUT2D eigenvalue weighted by Crippen LogP contribution is -2.28. The Bertz CT molecular complexity index is 629. The molecule has 0 radical (unpaired) electrons. The van der Waals surface area contributed by atoms with Crippen molar-refractivity contribution in [3.8, 4) is 0 Å². The highest BCUT2D eigenvalue weighted by Crippen LogP contribution is 2.11. The molecule has 3 N–H and O–H groups in total. The second-order valence-electron chi connectivity index (χ2n) is 4.22. The highest BCUT2D eigenvalue weighted by Gasteiger charge is 2.10. The first-order valence-corrected chi connectivity index (χ1v) is 6.38. The summed E-state index contributed by atoms with van der Waals surface area (Å²) in [6.45, 7) is 0.283. The van der Waals surface area contributed by atoms with E-state index >= 15 is 0 Å². The van der Waals surface area contributed by atoms with Gasteiger partial charge in [0.1, 0.15) is 6.61 Å². The summed E-state index contributed by atoms with van der Waals surface area (Å²) in [7, 11) is 0. The molecule has 1 aromatic heterocycles. The molecule has 0 aliphatic heterocycles. The number of nitrogens with zero attached hydrogens (tertiary/aromatic N) is 1. The Morgan fingerprint density at radius 3 is 2.71 bits per heavy atom. The van der Waals surface area contributed by atoms with Crippen molar-refractivity contribution in [1.29, 1.82) is 0 Å². The Morgan fingerprint density at radius 2 is 2.00 bits per heavy atom. The summed E-state index contributed by atoms with van der Waals surface area (Å²) in [4.78, 5) is 27.3. The van der Waals surface area contributed by atoms with Crippen molar-refractivity contribution in [3.63, 3.8) is 0 Å². The predicted octanol–water partition coefficient (Wildman–Crippen LogP) is 1.25. The van der Waals surface area contributed by atoms with E-state index in [0.29, 0.717) is 16.8 Å². The molecule has 0 fully saturated rings. The van der Waals surface area contributed by atoms with Crippen LogP contribution in [0, 0.1) is 0 Å². The normalized spacial score (nSPS) is 9.90. The number of para-hydroxylation sites is 1. The predicted molar refractivity (Wildman–Crippen MR) is 77.7 cm³/mol. The van der Waals surface area contributed by atoms with Crippen molar-refractivity contribution in [3.05, 3.63) is 59.9 Å². The lowest BCUT2D eigenvalue weighted by molar-refractivity contribution is 0.0504. The summed E-state index contributed by atoms with van der Waals surface area (Å²) in [5, 5.41) is 2.63. The van der Waals surface area contributed by atoms with Crippen LogP contribution in [0.2, 0.25) is 0 Å². The molecule has 2 aromatic rings. The Hall–Kier alpha value is -2.89. The Balaban J connectivity index is 1.76. The molecule has 0 saturated carbocycles. The summed E-state index contributed by atoms with van der Waals surface area (Å²) in [6.07, 6.45) is 3.05. The van der Waals surface area contributed by atoms with Crippen LogP contribution in [-0.2, 0) is 4.74 Å². The smallest absolute Gasteiger partial charge is 0.340 e. The highest BCUT2D eigenvalue weighted by molar-refractivity contribution is 5.95. The number of hydrogen-bond donors (Lipinski definition) is 2. The zero-order chi connectivity index (χ0) is 15.1. The van der Waals surface area contributed by atoms with E-state index in [1.165, 1.54) is 6.20 Å². The van der Waals surface area contributed by atoms with E-state index in [9.17, 15) is 9.59 Å². The monoisotopic (exact) mass is 285 g/mol. The van der Waals surface area contributed by atoms with Crippen molar-refractivity contribution in [2.45, 2.75) is 0 Å². The first kappa shape index (κ1) is 14.5. The van der Waals surface area contributed by atoms with Crippen LogP contribution in [0.4, 0.5) is 5.69 Å². The molecule has 1 heterocycles. The second-order valence-corrected chi connectivity index (χ2v) is 4.22. The molecule has 21 heavy (non-hydrogen) atoms. The third-order valence-electron chi connectivity index (χ3n) is 2.73. The first-order chi connectivity index (χ1) is 10.2. The number of amides is 1. The first-order valence-electron chi connectivity index (χ1n) is 6.38. The summed E-state index contributed by atoms with van der Waals surface area (Å²) < 4.78 is 5.05. The van der Waals surface area contributed by atoms with Crippen LogP contribution >= 0.6 is 0 Å². The number of carbonyl (C=O) groups excluding carboxylic acids is 2. The van der Waals surface area contributed by atoms with Gasteiger partial charge < -0.3 is 15.8 Å². The van der Waals surface area contributed by atoms with Crippen LogP contribution in [0.5, 0.6) is 0 Å². The van der Waals surface area contributed by atoms with E-state index in [1.54, 1.807) is 42.6 Å².